The van der Waals surface area contributed by atoms with Crippen LogP contribution in [0.5, 0.6) is 0 Å². The van der Waals surface area contributed by atoms with Crippen molar-refractivity contribution in [2.24, 2.45) is 0 Å². The Morgan fingerprint density at radius 1 is 1.58 bits per heavy atom. The molecule has 0 saturated heterocycles. The van der Waals surface area contributed by atoms with Gasteiger partial charge in [-0.1, -0.05) is 12.2 Å². The highest BCUT2D eigenvalue weighted by atomic mass is 14.9. The van der Waals surface area contributed by atoms with E-state index in [2.05, 4.69) is 23.4 Å². The number of allylic oxidation sites excluding steroid dienone is 1. The van der Waals surface area contributed by atoms with Crippen LogP contribution >= 0.6 is 0 Å². The fourth-order valence-electron chi connectivity index (χ4n) is 1.46. The van der Waals surface area contributed by atoms with Crippen molar-refractivity contribution >= 4 is 0 Å². The second-order valence-corrected chi connectivity index (χ2v) is 3.23. The molecule has 0 heterocycles. The highest BCUT2D eigenvalue weighted by molar-refractivity contribution is 4.97. The van der Waals surface area contributed by atoms with E-state index in [1.165, 1.54) is 19.3 Å². The molecule has 1 aliphatic carbocycles. The van der Waals surface area contributed by atoms with Crippen LogP contribution in [-0.4, -0.2) is 12.6 Å². The van der Waals surface area contributed by atoms with E-state index in [4.69, 9.17) is 6.42 Å². The maximum absolute atomic E-state index is 5.16. The van der Waals surface area contributed by atoms with Gasteiger partial charge >= 0.3 is 0 Å². The van der Waals surface area contributed by atoms with E-state index in [0.717, 1.165) is 19.4 Å². The second kappa shape index (κ2) is 5.85. The van der Waals surface area contributed by atoms with Crippen LogP contribution in [0.2, 0.25) is 0 Å². The number of terminal acetylenes is 1. The van der Waals surface area contributed by atoms with E-state index in [1.54, 1.807) is 0 Å². The molecule has 1 atom stereocenters. The maximum Gasteiger partial charge on any atom is 0.0250 e. The first-order valence-corrected chi connectivity index (χ1v) is 4.77. The second-order valence-electron chi connectivity index (χ2n) is 3.23. The van der Waals surface area contributed by atoms with E-state index in [1.807, 2.05) is 0 Å². The Hall–Kier alpha value is -0.740. The van der Waals surface area contributed by atoms with Crippen molar-refractivity contribution in [2.45, 2.75) is 38.1 Å². The van der Waals surface area contributed by atoms with Gasteiger partial charge in [-0.2, -0.15) is 0 Å². The van der Waals surface area contributed by atoms with E-state index >= 15 is 0 Å². The molecule has 0 aromatic carbocycles. The number of hydrogen-bond donors (Lipinski definition) is 1. The summed E-state index contributed by atoms with van der Waals surface area (Å²) < 4.78 is 0. The largest absolute Gasteiger partial charge is 0.310 e. The summed E-state index contributed by atoms with van der Waals surface area (Å²) >= 11 is 0. The van der Waals surface area contributed by atoms with Gasteiger partial charge in [-0.05, 0) is 32.2 Å². The Labute approximate surface area is 75.2 Å². The van der Waals surface area contributed by atoms with Gasteiger partial charge in [0.05, 0.1) is 0 Å². The zero-order chi connectivity index (χ0) is 8.65. The average Bonchev–Trinajstić information content (AvgIpc) is 2.14. The lowest BCUT2D eigenvalue weighted by Gasteiger charge is -2.17. The van der Waals surface area contributed by atoms with Crippen molar-refractivity contribution in [2.75, 3.05) is 6.54 Å². The molecule has 0 aromatic heterocycles. The van der Waals surface area contributed by atoms with Crippen molar-refractivity contribution in [1.82, 2.24) is 5.32 Å². The minimum absolute atomic E-state index is 0.608. The molecule has 1 unspecified atom stereocenters. The standard InChI is InChI=1S/C11H17N/c1-2-3-7-10-12-11-8-5-4-6-9-11/h1,5,8,11-12H,3-4,6-7,9-10H2. The van der Waals surface area contributed by atoms with Crippen molar-refractivity contribution in [1.29, 1.82) is 0 Å². The van der Waals surface area contributed by atoms with Gasteiger partial charge in [-0.25, -0.2) is 0 Å². The van der Waals surface area contributed by atoms with Gasteiger partial charge in [0.1, 0.15) is 0 Å². The lowest BCUT2D eigenvalue weighted by Crippen LogP contribution is -2.29. The lowest BCUT2D eigenvalue weighted by atomic mass is 10.0. The Morgan fingerprint density at radius 2 is 2.50 bits per heavy atom. The predicted molar refractivity (Wildman–Crippen MR) is 52.8 cm³/mol. The van der Waals surface area contributed by atoms with Gasteiger partial charge < -0.3 is 5.32 Å². The summed E-state index contributed by atoms with van der Waals surface area (Å²) in [5.41, 5.74) is 0. The summed E-state index contributed by atoms with van der Waals surface area (Å²) in [6, 6.07) is 0.608. The Bertz CT molecular complexity index is 176. The van der Waals surface area contributed by atoms with Crippen molar-refractivity contribution in [3.05, 3.63) is 12.2 Å². The molecule has 12 heavy (non-hydrogen) atoms. The summed E-state index contributed by atoms with van der Waals surface area (Å²) in [4.78, 5) is 0. The molecule has 0 bridgehead atoms. The summed E-state index contributed by atoms with van der Waals surface area (Å²) in [5.74, 6) is 2.65. The molecule has 1 aliphatic rings. The van der Waals surface area contributed by atoms with Crippen LogP contribution in [0.1, 0.15) is 32.1 Å². The summed E-state index contributed by atoms with van der Waals surface area (Å²) in [7, 11) is 0. The van der Waals surface area contributed by atoms with Crippen LogP contribution in [-0.2, 0) is 0 Å². The molecule has 0 spiro atoms. The van der Waals surface area contributed by atoms with Gasteiger partial charge in [0, 0.05) is 12.5 Å². The smallest absolute Gasteiger partial charge is 0.0250 e. The van der Waals surface area contributed by atoms with Crippen LogP contribution in [0.25, 0.3) is 0 Å². The highest BCUT2D eigenvalue weighted by Crippen LogP contribution is 2.09. The third kappa shape index (κ3) is 3.59. The number of nitrogens with one attached hydrogen (secondary N) is 1. The topological polar surface area (TPSA) is 12.0 Å². The number of unbranched alkanes of at least 4 members (excludes halogenated alkanes) is 1. The fourth-order valence-corrected chi connectivity index (χ4v) is 1.46. The molecular weight excluding hydrogens is 146 g/mol. The highest BCUT2D eigenvalue weighted by Gasteiger charge is 2.05. The van der Waals surface area contributed by atoms with Crippen LogP contribution in [0.3, 0.4) is 0 Å². The van der Waals surface area contributed by atoms with Gasteiger partial charge in [0.25, 0.3) is 0 Å². The van der Waals surface area contributed by atoms with Crippen LogP contribution in [0, 0.1) is 12.3 Å². The lowest BCUT2D eigenvalue weighted by molar-refractivity contribution is 0.517. The summed E-state index contributed by atoms with van der Waals surface area (Å²) in [5, 5.41) is 3.47. The molecule has 1 N–H and O–H groups in total. The normalized spacial score (nSPS) is 22.1. The van der Waals surface area contributed by atoms with Crippen LogP contribution in [0.15, 0.2) is 12.2 Å². The first kappa shape index (κ1) is 9.35. The monoisotopic (exact) mass is 163 g/mol. The molecule has 0 amide bonds. The quantitative estimate of drug-likeness (QED) is 0.380. The molecule has 0 aromatic rings. The Morgan fingerprint density at radius 3 is 3.17 bits per heavy atom. The molecule has 1 heteroatoms. The van der Waals surface area contributed by atoms with E-state index in [9.17, 15) is 0 Å². The average molecular weight is 163 g/mol. The molecule has 0 saturated carbocycles. The first-order chi connectivity index (χ1) is 5.93. The Balaban J connectivity index is 2.03. The van der Waals surface area contributed by atoms with Gasteiger partial charge in [0.2, 0.25) is 0 Å². The van der Waals surface area contributed by atoms with Crippen LogP contribution < -0.4 is 5.32 Å². The SMILES string of the molecule is C#CCCCNC1C=CCCC1. The molecular formula is C11H17N. The Kier molecular flexibility index (Phi) is 4.56. The molecule has 0 fully saturated rings. The minimum atomic E-state index is 0.608. The zero-order valence-corrected chi connectivity index (χ0v) is 7.55. The van der Waals surface area contributed by atoms with Crippen molar-refractivity contribution in [3.63, 3.8) is 0 Å². The minimum Gasteiger partial charge on any atom is -0.310 e. The van der Waals surface area contributed by atoms with Gasteiger partial charge in [-0.3, -0.25) is 0 Å². The van der Waals surface area contributed by atoms with E-state index < -0.39 is 0 Å². The molecule has 1 rings (SSSR count). The molecule has 66 valence electrons. The third-order valence-electron chi connectivity index (χ3n) is 2.16. The maximum atomic E-state index is 5.16. The van der Waals surface area contributed by atoms with Gasteiger partial charge in [-0.15, -0.1) is 12.3 Å². The fraction of sp³-hybridized carbons (Fsp3) is 0.636. The zero-order valence-electron chi connectivity index (χ0n) is 7.55. The van der Waals surface area contributed by atoms with E-state index in [0.29, 0.717) is 6.04 Å². The van der Waals surface area contributed by atoms with Gasteiger partial charge in [0.15, 0.2) is 0 Å². The number of hydrogen-bond acceptors (Lipinski definition) is 1. The third-order valence-corrected chi connectivity index (χ3v) is 2.16. The summed E-state index contributed by atoms with van der Waals surface area (Å²) in [6.07, 6.45) is 15.5. The molecule has 0 radical (unpaired) electrons. The van der Waals surface area contributed by atoms with E-state index in [-0.39, 0.29) is 0 Å². The number of rotatable bonds is 4. The molecule has 1 nitrogen and oxygen atoms in total. The predicted octanol–water partition coefficient (Wildman–Crippen LogP) is 2.10. The van der Waals surface area contributed by atoms with Crippen molar-refractivity contribution in [3.8, 4) is 12.3 Å². The summed E-state index contributed by atoms with van der Waals surface area (Å²) in [6.45, 7) is 1.05. The first-order valence-electron chi connectivity index (χ1n) is 4.77. The van der Waals surface area contributed by atoms with Crippen LogP contribution in [0.4, 0.5) is 0 Å². The molecule has 0 aliphatic heterocycles. The van der Waals surface area contributed by atoms with Crippen molar-refractivity contribution < 1.29 is 0 Å².